The van der Waals surface area contributed by atoms with Gasteiger partial charge in [-0.2, -0.15) is 0 Å². The quantitative estimate of drug-likeness (QED) is 0.706. The molecule has 2 aromatic rings. The lowest BCUT2D eigenvalue weighted by Crippen LogP contribution is -2.37. The summed E-state index contributed by atoms with van der Waals surface area (Å²) in [4.78, 5) is 24.9. The second-order valence-electron chi connectivity index (χ2n) is 6.77. The predicted molar refractivity (Wildman–Crippen MR) is 98.6 cm³/mol. The van der Waals surface area contributed by atoms with Crippen molar-refractivity contribution in [3.63, 3.8) is 0 Å². The molecule has 0 spiro atoms. The van der Waals surface area contributed by atoms with Crippen LogP contribution in [0.2, 0.25) is 5.02 Å². The van der Waals surface area contributed by atoms with Crippen LogP contribution in [0.25, 0.3) is 0 Å². The average molecular weight is 371 g/mol. The molecule has 0 saturated carbocycles. The van der Waals surface area contributed by atoms with E-state index in [9.17, 15) is 9.59 Å². The first-order valence-corrected chi connectivity index (χ1v) is 8.63. The van der Waals surface area contributed by atoms with Crippen LogP contribution in [0.3, 0.4) is 0 Å². The summed E-state index contributed by atoms with van der Waals surface area (Å²) in [5.74, 6) is -0.680. The van der Waals surface area contributed by atoms with Gasteiger partial charge in [-0.25, -0.2) is 9.59 Å². The zero-order valence-electron chi connectivity index (χ0n) is 14.8. The van der Waals surface area contributed by atoms with Crippen LogP contribution in [0.1, 0.15) is 42.8 Å². The molecular formula is C21H19ClO4. The lowest BCUT2D eigenvalue weighted by molar-refractivity contribution is -0.155. The zero-order valence-corrected chi connectivity index (χ0v) is 15.5. The topological polar surface area (TPSA) is 52.6 Å². The van der Waals surface area contributed by atoms with Crippen molar-refractivity contribution in [3.8, 4) is 0 Å². The van der Waals surface area contributed by atoms with E-state index in [1.54, 1.807) is 55.5 Å². The Labute approximate surface area is 157 Å². The van der Waals surface area contributed by atoms with Gasteiger partial charge in [0.1, 0.15) is 11.9 Å². The molecule has 0 aromatic heterocycles. The number of cyclic esters (lactones) is 1. The fourth-order valence-corrected chi connectivity index (χ4v) is 3.22. The van der Waals surface area contributed by atoms with E-state index in [0.29, 0.717) is 21.9 Å². The van der Waals surface area contributed by atoms with Crippen LogP contribution in [0, 0.1) is 5.41 Å². The van der Waals surface area contributed by atoms with Gasteiger partial charge in [0.2, 0.25) is 0 Å². The first kappa shape index (κ1) is 18.2. The van der Waals surface area contributed by atoms with Crippen molar-refractivity contribution in [1.29, 1.82) is 0 Å². The summed E-state index contributed by atoms with van der Waals surface area (Å²) in [5, 5.41) is 0.594. The summed E-state index contributed by atoms with van der Waals surface area (Å²) in [7, 11) is 0. The maximum atomic E-state index is 12.5. The fraction of sp³-hybridized carbons (Fsp3) is 0.238. The Kier molecular flexibility index (Phi) is 4.88. The van der Waals surface area contributed by atoms with Gasteiger partial charge in [0.05, 0.1) is 16.6 Å². The van der Waals surface area contributed by atoms with Gasteiger partial charge < -0.3 is 9.47 Å². The molecule has 2 aromatic carbocycles. The average Bonchev–Trinajstić information content (AvgIpc) is 2.63. The number of carbonyl (C=O) groups excluding carboxylic acids is 2. The summed E-state index contributed by atoms with van der Waals surface area (Å²) in [6.07, 6.45) is -0.588. The van der Waals surface area contributed by atoms with Crippen LogP contribution in [0.4, 0.5) is 0 Å². The first-order valence-electron chi connectivity index (χ1n) is 8.25. The minimum atomic E-state index is -0.726. The second kappa shape index (κ2) is 6.96. The highest BCUT2D eigenvalue weighted by molar-refractivity contribution is 6.30. The van der Waals surface area contributed by atoms with Crippen molar-refractivity contribution in [1.82, 2.24) is 0 Å². The molecule has 3 rings (SSSR count). The summed E-state index contributed by atoms with van der Waals surface area (Å²) >= 11 is 5.95. The van der Waals surface area contributed by atoms with E-state index in [2.05, 4.69) is 0 Å². The largest absolute Gasteiger partial charge is 0.453 e. The Morgan fingerprint density at radius 1 is 1.08 bits per heavy atom. The van der Waals surface area contributed by atoms with Gasteiger partial charge in [0.15, 0.2) is 0 Å². The van der Waals surface area contributed by atoms with Crippen LogP contribution in [-0.4, -0.2) is 11.9 Å². The standard InChI is InChI=1S/C21H19ClO4/c1-13-17(25-20(24)15-7-5-4-6-8-15)21(2,3)18(26-19(13)23)14-9-11-16(22)12-10-14/h4-12,18H,1-3H3. The monoisotopic (exact) mass is 370 g/mol. The number of hydrogen-bond donors (Lipinski definition) is 0. The molecule has 0 fully saturated rings. The van der Waals surface area contributed by atoms with Crippen LogP contribution in [0.15, 0.2) is 65.9 Å². The van der Waals surface area contributed by atoms with E-state index in [0.717, 1.165) is 5.56 Å². The highest BCUT2D eigenvalue weighted by Gasteiger charge is 2.46. The van der Waals surface area contributed by atoms with E-state index >= 15 is 0 Å². The molecule has 0 amide bonds. The lowest BCUT2D eigenvalue weighted by atomic mass is 9.77. The third kappa shape index (κ3) is 3.37. The van der Waals surface area contributed by atoms with Gasteiger partial charge in [-0.3, -0.25) is 0 Å². The zero-order chi connectivity index (χ0) is 18.9. The number of carbonyl (C=O) groups is 2. The molecule has 0 N–H and O–H groups in total. The minimum Gasteiger partial charge on any atom is -0.453 e. The molecule has 0 bridgehead atoms. The molecule has 0 radical (unpaired) electrons. The Balaban J connectivity index is 1.97. The molecule has 1 unspecified atom stereocenters. The molecule has 1 aliphatic heterocycles. The van der Waals surface area contributed by atoms with Crippen LogP contribution in [0.5, 0.6) is 0 Å². The SMILES string of the molecule is CC1=C(OC(=O)c2ccccc2)C(C)(C)C(c2ccc(Cl)cc2)OC1=O. The second-order valence-corrected chi connectivity index (χ2v) is 7.20. The number of benzene rings is 2. The fourth-order valence-electron chi connectivity index (χ4n) is 3.09. The highest BCUT2D eigenvalue weighted by atomic mass is 35.5. The van der Waals surface area contributed by atoms with Gasteiger partial charge in [-0.1, -0.05) is 41.9 Å². The van der Waals surface area contributed by atoms with Gasteiger partial charge in [-0.05, 0) is 50.6 Å². The number of esters is 2. The summed E-state index contributed by atoms with van der Waals surface area (Å²) in [6, 6.07) is 15.8. The highest BCUT2D eigenvalue weighted by Crippen LogP contribution is 2.48. The van der Waals surface area contributed by atoms with Crippen molar-refractivity contribution in [3.05, 3.63) is 82.1 Å². The summed E-state index contributed by atoms with van der Waals surface area (Å²) < 4.78 is 11.3. The predicted octanol–water partition coefficient (Wildman–Crippen LogP) is 5.10. The van der Waals surface area contributed by atoms with Gasteiger partial charge in [0.25, 0.3) is 0 Å². The van der Waals surface area contributed by atoms with Crippen molar-refractivity contribution in [2.24, 2.45) is 5.41 Å². The van der Waals surface area contributed by atoms with Gasteiger partial charge in [-0.15, -0.1) is 0 Å². The molecule has 134 valence electrons. The molecule has 1 heterocycles. The number of halogens is 1. The van der Waals surface area contributed by atoms with Gasteiger partial charge in [0, 0.05) is 5.02 Å². The minimum absolute atomic E-state index is 0.296. The molecule has 5 heteroatoms. The normalized spacial score (nSPS) is 19.1. The lowest BCUT2D eigenvalue weighted by Gasteiger charge is -2.39. The molecule has 1 atom stereocenters. The Hall–Kier alpha value is -2.59. The maximum absolute atomic E-state index is 12.5. The summed E-state index contributed by atoms with van der Waals surface area (Å²) in [5.41, 5.74) is 0.777. The Bertz CT molecular complexity index is 867. The van der Waals surface area contributed by atoms with E-state index < -0.39 is 23.5 Å². The number of ether oxygens (including phenoxy) is 2. The molecule has 1 aliphatic rings. The van der Waals surface area contributed by atoms with E-state index in [1.807, 2.05) is 19.9 Å². The Morgan fingerprint density at radius 2 is 1.69 bits per heavy atom. The third-order valence-corrected chi connectivity index (χ3v) is 4.74. The molecule has 4 nitrogen and oxygen atoms in total. The van der Waals surface area contributed by atoms with Crippen molar-refractivity contribution >= 4 is 23.5 Å². The van der Waals surface area contributed by atoms with Crippen molar-refractivity contribution in [2.45, 2.75) is 26.9 Å². The number of rotatable bonds is 3. The van der Waals surface area contributed by atoms with Crippen molar-refractivity contribution in [2.75, 3.05) is 0 Å². The van der Waals surface area contributed by atoms with E-state index in [4.69, 9.17) is 21.1 Å². The van der Waals surface area contributed by atoms with Crippen LogP contribution in [-0.2, 0) is 14.3 Å². The van der Waals surface area contributed by atoms with Crippen LogP contribution < -0.4 is 0 Å². The third-order valence-electron chi connectivity index (χ3n) is 4.49. The molecular weight excluding hydrogens is 352 g/mol. The van der Waals surface area contributed by atoms with Crippen LogP contribution >= 0.6 is 11.6 Å². The molecule has 0 aliphatic carbocycles. The van der Waals surface area contributed by atoms with Crippen molar-refractivity contribution < 1.29 is 19.1 Å². The van der Waals surface area contributed by atoms with Gasteiger partial charge >= 0.3 is 11.9 Å². The number of hydrogen-bond acceptors (Lipinski definition) is 4. The smallest absolute Gasteiger partial charge is 0.343 e. The van der Waals surface area contributed by atoms with E-state index in [1.165, 1.54) is 0 Å². The maximum Gasteiger partial charge on any atom is 0.343 e. The van der Waals surface area contributed by atoms with E-state index in [-0.39, 0.29) is 0 Å². The first-order chi connectivity index (χ1) is 12.3. The molecule has 26 heavy (non-hydrogen) atoms. The Morgan fingerprint density at radius 3 is 2.31 bits per heavy atom. The molecule has 0 saturated heterocycles. The summed E-state index contributed by atoms with van der Waals surface area (Å²) in [6.45, 7) is 5.38.